The number of unbranched alkanes of at least 4 members (excludes halogenated alkanes) is 4. The summed E-state index contributed by atoms with van der Waals surface area (Å²) in [7, 11) is 3.62. The van der Waals surface area contributed by atoms with Crippen LogP contribution in [0.25, 0.3) is 0 Å². The van der Waals surface area contributed by atoms with E-state index < -0.39 is 0 Å². The molecule has 4 nitrogen and oxygen atoms in total. The van der Waals surface area contributed by atoms with E-state index in [1.165, 1.54) is 24.8 Å². The van der Waals surface area contributed by atoms with Gasteiger partial charge in [-0.1, -0.05) is 56.4 Å². The Balaban J connectivity index is 1.74. The van der Waals surface area contributed by atoms with Gasteiger partial charge >= 0.3 is 0 Å². The molecule has 2 aliphatic rings. The first-order chi connectivity index (χ1) is 13.4. The van der Waals surface area contributed by atoms with Gasteiger partial charge in [-0.25, -0.2) is 0 Å². The molecule has 0 heterocycles. The van der Waals surface area contributed by atoms with Crippen LogP contribution in [0, 0.1) is 17.8 Å². The lowest BCUT2D eigenvalue weighted by Crippen LogP contribution is -2.21. The molecule has 0 spiro atoms. The van der Waals surface area contributed by atoms with E-state index in [2.05, 4.69) is 19.1 Å². The average Bonchev–Trinajstić information content (AvgIpc) is 3.16. The van der Waals surface area contributed by atoms with E-state index in [1.807, 2.05) is 20.2 Å². The van der Waals surface area contributed by atoms with E-state index in [4.69, 9.17) is 0 Å². The fourth-order valence-electron chi connectivity index (χ4n) is 4.78. The largest absolute Gasteiger partial charge is 0.392 e. The van der Waals surface area contributed by atoms with E-state index in [0.29, 0.717) is 18.3 Å². The third-order valence-corrected chi connectivity index (χ3v) is 6.50. The molecule has 0 bridgehead atoms. The average molecular weight is 392 g/mol. The second kappa shape index (κ2) is 11.8. The Kier molecular flexibility index (Phi) is 9.73. The number of aliphatic hydroxyl groups is 2. The number of carbonyl (C=O) groups excluding carboxylic acids is 1. The molecule has 0 aromatic heterocycles. The van der Waals surface area contributed by atoms with Crippen molar-refractivity contribution in [3.8, 4) is 0 Å². The van der Waals surface area contributed by atoms with Crippen molar-refractivity contribution in [1.82, 2.24) is 4.90 Å². The van der Waals surface area contributed by atoms with Crippen molar-refractivity contribution in [3.63, 3.8) is 0 Å². The Hall–Kier alpha value is -1.13. The van der Waals surface area contributed by atoms with Gasteiger partial charge in [-0.3, -0.25) is 4.79 Å². The molecular weight excluding hydrogens is 350 g/mol. The van der Waals surface area contributed by atoms with Crippen molar-refractivity contribution < 1.29 is 15.0 Å². The Morgan fingerprint density at radius 1 is 1.25 bits per heavy atom. The maximum atomic E-state index is 11.7. The maximum Gasteiger partial charge on any atom is 0.222 e. The fourth-order valence-corrected chi connectivity index (χ4v) is 4.78. The minimum Gasteiger partial charge on any atom is -0.392 e. The molecule has 0 radical (unpaired) electrons. The van der Waals surface area contributed by atoms with Crippen LogP contribution in [-0.4, -0.2) is 47.3 Å². The summed E-state index contributed by atoms with van der Waals surface area (Å²) in [5, 5.41) is 20.7. The number of hydrogen-bond acceptors (Lipinski definition) is 3. The van der Waals surface area contributed by atoms with Crippen LogP contribution < -0.4 is 0 Å². The number of amides is 1. The smallest absolute Gasteiger partial charge is 0.222 e. The predicted octanol–water partition coefficient (Wildman–Crippen LogP) is 4.47. The summed E-state index contributed by atoms with van der Waals surface area (Å²) in [6, 6.07) is 0. The van der Waals surface area contributed by atoms with Gasteiger partial charge in [0, 0.05) is 26.4 Å². The van der Waals surface area contributed by atoms with Crippen LogP contribution in [0.3, 0.4) is 0 Å². The van der Waals surface area contributed by atoms with Gasteiger partial charge < -0.3 is 15.1 Å². The monoisotopic (exact) mass is 391 g/mol. The normalized spacial score (nSPS) is 27.8. The number of fused-ring (bicyclic) bond motifs is 1. The van der Waals surface area contributed by atoms with Crippen LogP contribution in [0.15, 0.2) is 23.8 Å². The Labute approximate surface area is 171 Å². The van der Waals surface area contributed by atoms with Crippen LogP contribution in [0.2, 0.25) is 0 Å². The number of nitrogens with zero attached hydrogens (tertiary/aromatic N) is 1. The summed E-state index contributed by atoms with van der Waals surface area (Å²) >= 11 is 0. The van der Waals surface area contributed by atoms with Crippen LogP contribution in [-0.2, 0) is 4.79 Å². The van der Waals surface area contributed by atoms with E-state index in [0.717, 1.165) is 44.9 Å². The highest BCUT2D eigenvalue weighted by atomic mass is 16.3. The summed E-state index contributed by atoms with van der Waals surface area (Å²) in [6.07, 6.45) is 16.9. The quantitative estimate of drug-likeness (QED) is 0.381. The summed E-state index contributed by atoms with van der Waals surface area (Å²) in [5.74, 6) is 1.33. The van der Waals surface area contributed by atoms with E-state index >= 15 is 0 Å². The van der Waals surface area contributed by atoms with Gasteiger partial charge in [-0.15, -0.1) is 0 Å². The molecule has 4 heteroatoms. The molecule has 2 N–H and O–H groups in total. The topological polar surface area (TPSA) is 60.8 Å². The zero-order chi connectivity index (χ0) is 20.5. The third kappa shape index (κ3) is 7.04. The van der Waals surface area contributed by atoms with Gasteiger partial charge in [0.25, 0.3) is 0 Å². The van der Waals surface area contributed by atoms with Crippen molar-refractivity contribution in [2.24, 2.45) is 17.8 Å². The van der Waals surface area contributed by atoms with Gasteiger partial charge in [0.15, 0.2) is 0 Å². The molecule has 0 saturated heterocycles. The van der Waals surface area contributed by atoms with Crippen molar-refractivity contribution in [2.45, 2.75) is 89.8 Å². The lowest BCUT2D eigenvalue weighted by molar-refractivity contribution is -0.128. The molecule has 2 rings (SSSR count). The Morgan fingerprint density at radius 2 is 2.04 bits per heavy atom. The number of hydrogen-bond donors (Lipinski definition) is 2. The van der Waals surface area contributed by atoms with E-state index in [1.54, 1.807) is 4.90 Å². The zero-order valence-electron chi connectivity index (χ0n) is 18.1. The molecule has 160 valence electrons. The minimum absolute atomic E-state index is 0.166. The highest BCUT2D eigenvalue weighted by Gasteiger charge is 2.43. The lowest BCUT2D eigenvalue weighted by Gasteiger charge is -2.19. The van der Waals surface area contributed by atoms with Crippen molar-refractivity contribution in [2.75, 3.05) is 14.1 Å². The number of rotatable bonds is 12. The third-order valence-electron chi connectivity index (χ3n) is 6.50. The van der Waals surface area contributed by atoms with Gasteiger partial charge in [0.2, 0.25) is 5.91 Å². The lowest BCUT2D eigenvalue weighted by atomic mass is 9.88. The fraction of sp³-hybridized carbons (Fsp3) is 0.792. The first-order valence-electron chi connectivity index (χ1n) is 11.4. The summed E-state index contributed by atoms with van der Waals surface area (Å²) in [5.41, 5.74) is 1.50. The molecule has 5 atom stereocenters. The van der Waals surface area contributed by atoms with Gasteiger partial charge in [0.05, 0.1) is 12.2 Å². The van der Waals surface area contributed by atoms with Crippen molar-refractivity contribution in [3.05, 3.63) is 23.8 Å². The molecule has 0 unspecified atom stereocenters. The van der Waals surface area contributed by atoms with Gasteiger partial charge in [-0.2, -0.15) is 0 Å². The van der Waals surface area contributed by atoms with Crippen molar-refractivity contribution in [1.29, 1.82) is 0 Å². The second-order valence-electron chi connectivity index (χ2n) is 9.03. The molecule has 0 aliphatic heterocycles. The van der Waals surface area contributed by atoms with Crippen LogP contribution in [0.4, 0.5) is 0 Å². The highest BCUT2D eigenvalue weighted by molar-refractivity contribution is 5.75. The first-order valence-corrected chi connectivity index (χ1v) is 11.4. The molecule has 2 aliphatic carbocycles. The molecule has 0 aromatic rings. The molecular formula is C24H41NO3. The Bertz CT molecular complexity index is 540. The summed E-state index contributed by atoms with van der Waals surface area (Å²) < 4.78 is 0. The number of allylic oxidation sites excluding steroid dienone is 2. The highest BCUT2D eigenvalue weighted by Crippen LogP contribution is 2.48. The summed E-state index contributed by atoms with van der Waals surface area (Å²) in [4.78, 5) is 13.3. The van der Waals surface area contributed by atoms with Gasteiger partial charge in [-0.05, 0) is 50.4 Å². The molecule has 1 amide bonds. The standard InChI is InChI=1S/C24H41NO3/c1-4-5-6-7-11-20(26)13-14-21-22-16-18(15-19(22)17-23(21)27)10-8-9-12-24(28)25(2)3/h13-15,19-23,26-27H,4-12,16-17H2,1-3H3/t19-,20+,21+,22-,23+/m0/s1. The zero-order valence-corrected chi connectivity index (χ0v) is 18.1. The maximum absolute atomic E-state index is 11.7. The molecule has 1 fully saturated rings. The first kappa shape index (κ1) is 23.2. The molecule has 28 heavy (non-hydrogen) atoms. The minimum atomic E-state index is -0.383. The predicted molar refractivity (Wildman–Crippen MR) is 115 cm³/mol. The van der Waals surface area contributed by atoms with Crippen LogP contribution in [0.5, 0.6) is 0 Å². The summed E-state index contributed by atoms with van der Waals surface area (Å²) in [6.45, 7) is 2.20. The molecule has 0 aromatic carbocycles. The van der Waals surface area contributed by atoms with Crippen LogP contribution in [0.1, 0.15) is 77.6 Å². The van der Waals surface area contributed by atoms with Gasteiger partial charge in [0.1, 0.15) is 0 Å². The van der Waals surface area contributed by atoms with Crippen molar-refractivity contribution >= 4 is 5.91 Å². The Morgan fingerprint density at radius 3 is 2.75 bits per heavy atom. The van der Waals surface area contributed by atoms with E-state index in [9.17, 15) is 15.0 Å². The number of aliphatic hydroxyl groups excluding tert-OH is 2. The van der Waals surface area contributed by atoms with Crippen LogP contribution >= 0.6 is 0 Å². The van der Waals surface area contributed by atoms with E-state index in [-0.39, 0.29) is 24.0 Å². The number of carbonyl (C=O) groups is 1. The SMILES string of the molecule is CCCCCC[C@@H](O)C=C[C@@H]1[C@H]2CC(CCCCC(=O)N(C)C)=C[C@H]2C[C@H]1O. The molecule has 1 saturated carbocycles. The second-order valence-corrected chi connectivity index (χ2v) is 9.03.